The summed E-state index contributed by atoms with van der Waals surface area (Å²) in [4.78, 5) is 4.23. The summed E-state index contributed by atoms with van der Waals surface area (Å²) in [5, 5.41) is -0.465. The number of benzene rings is 1. The van der Waals surface area contributed by atoms with Crippen molar-refractivity contribution >= 4 is 31.4 Å². The quantitative estimate of drug-likeness (QED) is 0.739. The highest BCUT2D eigenvalue weighted by atomic mass is 32.2. The van der Waals surface area contributed by atoms with Gasteiger partial charge in [-0.3, -0.25) is 0 Å². The van der Waals surface area contributed by atoms with E-state index in [1.807, 2.05) is 30.3 Å². The molecule has 0 N–H and O–H groups in total. The number of thiazole rings is 1. The fourth-order valence-corrected chi connectivity index (χ4v) is 4.50. The van der Waals surface area contributed by atoms with E-state index < -0.39 is 15.1 Å². The van der Waals surface area contributed by atoms with Crippen molar-refractivity contribution in [2.45, 2.75) is 23.4 Å². The van der Waals surface area contributed by atoms with Gasteiger partial charge < -0.3 is 4.42 Å². The van der Waals surface area contributed by atoms with Crippen molar-refractivity contribution in [2.24, 2.45) is 0 Å². The highest BCUT2D eigenvalue weighted by Gasteiger charge is 2.23. The minimum atomic E-state index is -3.32. The normalized spacial score (nSPS) is 12.3. The molecule has 3 aromatic rings. The Bertz CT molecular complexity index is 846. The van der Waals surface area contributed by atoms with Crippen molar-refractivity contribution in [2.75, 3.05) is 0 Å². The van der Waals surface area contributed by atoms with Crippen molar-refractivity contribution < 1.29 is 12.8 Å². The molecule has 1 aromatic carbocycles. The molecule has 0 unspecified atom stereocenters. The van der Waals surface area contributed by atoms with Gasteiger partial charge in [0, 0.05) is 5.56 Å². The number of hydrogen-bond donors (Lipinski definition) is 0. The topological polar surface area (TPSA) is 60.2 Å². The molecule has 0 aliphatic heterocycles. The van der Waals surface area contributed by atoms with Crippen LogP contribution in [-0.2, 0) is 9.84 Å². The Morgan fingerprint density at radius 3 is 2.70 bits per heavy atom. The van der Waals surface area contributed by atoms with E-state index in [0.29, 0.717) is 5.52 Å². The Hall–Kier alpha value is -1.66. The molecule has 6 heteroatoms. The van der Waals surface area contributed by atoms with E-state index in [4.69, 9.17) is 4.42 Å². The van der Waals surface area contributed by atoms with Crippen LogP contribution in [0.2, 0.25) is 0 Å². The fourth-order valence-electron chi connectivity index (χ4n) is 1.82. The molecule has 104 valence electrons. The second-order valence-electron chi connectivity index (χ2n) is 4.73. The smallest absolute Gasteiger partial charge is 0.210 e. The maximum atomic E-state index is 12.1. The lowest BCUT2D eigenvalue weighted by Crippen LogP contribution is -2.13. The Morgan fingerprint density at radius 2 is 2.05 bits per heavy atom. The summed E-state index contributed by atoms with van der Waals surface area (Å²) < 4.78 is 30.7. The molecule has 2 heterocycles. The van der Waals surface area contributed by atoms with Gasteiger partial charge in [-0.15, -0.1) is 11.3 Å². The van der Waals surface area contributed by atoms with Gasteiger partial charge >= 0.3 is 0 Å². The van der Waals surface area contributed by atoms with Crippen LogP contribution in [0.1, 0.15) is 13.8 Å². The van der Waals surface area contributed by atoms with E-state index in [1.54, 1.807) is 20.1 Å². The largest absolute Gasteiger partial charge is 0.464 e. The third-order valence-electron chi connectivity index (χ3n) is 3.04. The number of nitrogens with zero attached hydrogens (tertiary/aromatic N) is 1. The highest BCUT2D eigenvalue weighted by Crippen LogP contribution is 2.31. The van der Waals surface area contributed by atoms with Gasteiger partial charge in [0.05, 0.1) is 21.7 Å². The zero-order valence-electron chi connectivity index (χ0n) is 11.0. The molecule has 4 nitrogen and oxygen atoms in total. The van der Waals surface area contributed by atoms with Crippen LogP contribution < -0.4 is 0 Å². The maximum Gasteiger partial charge on any atom is 0.210 e. The molecule has 20 heavy (non-hydrogen) atoms. The van der Waals surface area contributed by atoms with Crippen molar-refractivity contribution in [1.82, 2.24) is 4.98 Å². The van der Waals surface area contributed by atoms with Crippen molar-refractivity contribution in [1.29, 1.82) is 0 Å². The molecule has 0 amide bonds. The first-order valence-electron chi connectivity index (χ1n) is 6.17. The van der Waals surface area contributed by atoms with Crippen LogP contribution in [0.4, 0.5) is 0 Å². The molecule has 0 fully saturated rings. The summed E-state index contributed by atoms with van der Waals surface area (Å²) in [6.45, 7) is 3.32. The first-order chi connectivity index (χ1) is 9.48. The van der Waals surface area contributed by atoms with E-state index in [1.165, 1.54) is 11.3 Å². The molecule has 0 radical (unpaired) electrons. The molecule has 2 aromatic heterocycles. The molecule has 0 saturated heterocycles. The van der Waals surface area contributed by atoms with E-state index in [0.717, 1.165) is 16.0 Å². The fraction of sp³-hybridized carbons (Fsp3) is 0.214. The zero-order valence-corrected chi connectivity index (χ0v) is 12.7. The van der Waals surface area contributed by atoms with Gasteiger partial charge in [0.2, 0.25) is 14.2 Å². The number of furan rings is 1. The lowest BCUT2D eigenvalue weighted by atomic mass is 10.2. The van der Waals surface area contributed by atoms with Crippen molar-refractivity contribution in [3.8, 4) is 11.3 Å². The average molecular weight is 307 g/mol. The summed E-state index contributed by atoms with van der Waals surface area (Å²) in [7, 11) is -3.32. The molecule has 0 aliphatic rings. The molecule has 0 aliphatic carbocycles. The van der Waals surface area contributed by atoms with Gasteiger partial charge in [0.15, 0.2) is 0 Å². The summed E-state index contributed by atoms with van der Waals surface area (Å²) in [5.74, 6) is 0.758. The first kappa shape index (κ1) is 13.3. The van der Waals surface area contributed by atoms with E-state index in [9.17, 15) is 8.42 Å². The van der Waals surface area contributed by atoms with Crippen molar-refractivity contribution in [3.63, 3.8) is 0 Å². The maximum absolute atomic E-state index is 12.1. The number of fused-ring (bicyclic) bond motifs is 1. The number of sulfone groups is 1. The molecule has 0 atom stereocenters. The van der Waals surface area contributed by atoms with Gasteiger partial charge in [-0.1, -0.05) is 0 Å². The molecule has 3 rings (SSSR count). The minimum absolute atomic E-state index is 0.180. The molecular weight excluding hydrogens is 294 g/mol. The van der Waals surface area contributed by atoms with Gasteiger partial charge in [0.1, 0.15) is 5.76 Å². The van der Waals surface area contributed by atoms with Crippen LogP contribution in [0.3, 0.4) is 0 Å². The minimum Gasteiger partial charge on any atom is -0.464 e. The van der Waals surface area contributed by atoms with Gasteiger partial charge in [-0.2, -0.15) is 0 Å². The Morgan fingerprint density at radius 1 is 1.25 bits per heavy atom. The highest BCUT2D eigenvalue weighted by molar-refractivity contribution is 7.94. The van der Waals surface area contributed by atoms with Crippen LogP contribution in [0.15, 0.2) is 45.4 Å². The molecule has 0 spiro atoms. The summed E-state index contributed by atoms with van der Waals surface area (Å²) in [5.41, 5.74) is 1.61. The molecule has 0 bridgehead atoms. The third kappa shape index (κ3) is 2.14. The monoisotopic (exact) mass is 307 g/mol. The van der Waals surface area contributed by atoms with E-state index in [-0.39, 0.29) is 4.34 Å². The zero-order chi connectivity index (χ0) is 14.3. The Labute approximate surface area is 121 Å². The van der Waals surface area contributed by atoms with Gasteiger partial charge in [0.25, 0.3) is 0 Å². The van der Waals surface area contributed by atoms with Crippen LogP contribution >= 0.6 is 11.3 Å². The summed E-state index contributed by atoms with van der Waals surface area (Å²) in [6, 6.07) is 9.30. The first-order valence-corrected chi connectivity index (χ1v) is 8.53. The Balaban J connectivity index is 2.13. The third-order valence-corrected chi connectivity index (χ3v) is 6.62. The predicted octanol–water partition coefficient (Wildman–Crippen LogP) is 3.74. The van der Waals surface area contributed by atoms with Crippen LogP contribution in [0, 0.1) is 0 Å². The molecular formula is C14H13NO3S2. The average Bonchev–Trinajstić information content (AvgIpc) is 3.07. The lowest BCUT2D eigenvalue weighted by Gasteiger charge is -2.01. The van der Waals surface area contributed by atoms with Gasteiger partial charge in [-0.05, 0) is 44.2 Å². The van der Waals surface area contributed by atoms with Crippen LogP contribution in [0.5, 0.6) is 0 Å². The second kappa shape index (κ2) is 4.71. The number of aromatic nitrogens is 1. The standard InChI is InChI=1S/C14H13NO3S2/c1-9(2)20(16,17)14-15-11-6-5-10(8-13(11)19-14)12-4-3-7-18-12/h3-9H,1-2H3. The van der Waals surface area contributed by atoms with Gasteiger partial charge in [-0.25, -0.2) is 13.4 Å². The summed E-state index contributed by atoms with van der Waals surface area (Å²) >= 11 is 1.20. The second-order valence-corrected chi connectivity index (χ2v) is 8.44. The van der Waals surface area contributed by atoms with Crippen LogP contribution in [0.25, 0.3) is 21.5 Å². The SMILES string of the molecule is CC(C)S(=O)(=O)c1nc2ccc(-c3ccco3)cc2s1. The predicted molar refractivity (Wildman–Crippen MR) is 79.6 cm³/mol. The number of hydrogen-bond acceptors (Lipinski definition) is 5. The summed E-state index contributed by atoms with van der Waals surface area (Å²) in [6.07, 6.45) is 1.61. The van der Waals surface area contributed by atoms with Crippen molar-refractivity contribution in [3.05, 3.63) is 36.6 Å². The van der Waals surface area contributed by atoms with Crippen LogP contribution in [-0.4, -0.2) is 18.7 Å². The number of rotatable bonds is 3. The lowest BCUT2D eigenvalue weighted by molar-refractivity contribution is 0.582. The van der Waals surface area contributed by atoms with E-state index in [2.05, 4.69) is 4.98 Å². The molecule has 0 saturated carbocycles. The van der Waals surface area contributed by atoms with E-state index >= 15 is 0 Å². The Kier molecular flexibility index (Phi) is 3.14.